The van der Waals surface area contributed by atoms with Crippen LogP contribution in [-0.2, 0) is 0 Å². The van der Waals surface area contributed by atoms with E-state index in [9.17, 15) is 0 Å². The predicted molar refractivity (Wildman–Crippen MR) is 84.9 cm³/mol. The smallest absolute Gasteiger partial charge is 0.0348 e. The topological polar surface area (TPSA) is 0 Å². The van der Waals surface area contributed by atoms with Gasteiger partial charge in [0.1, 0.15) is 0 Å². The second-order valence-corrected chi connectivity index (χ2v) is 4.94. The highest BCUT2D eigenvalue weighted by atomic mass is 13.9. The van der Waals surface area contributed by atoms with Gasteiger partial charge in [-0.25, -0.2) is 0 Å². The van der Waals surface area contributed by atoms with Crippen molar-refractivity contribution in [2.75, 3.05) is 0 Å². The van der Waals surface area contributed by atoms with E-state index in [0.717, 1.165) is 0 Å². The van der Waals surface area contributed by atoms with Crippen molar-refractivity contribution in [1.29, 1.82) is 0 Å². The molecule has 18 heavy (non-hydrogen) atoms. The van der Waals surface area contributed by atoms with Crippen LogP contribution in [0.2, 0.25) is 0 Å². The summed E-state index contributed by atoms with van der Waals surface area (Å²) in [6.07, 6.45) is 26.5. The molecule has 0 rings (SSSR count). The van der Waals surface area contributed by atoms with Crippen LogP contribution in [0.4, 0.5) is 0 Å². The number of hydrogen-bond acceptors (Lipinski definition) is 0. The van der Waals surface area contributed by atoms with Gasteiger partial charge in [0.05, 0.1) is 0 Å². The summed E-state index contributed by atoms with van der Waals surface area (Å²) in [5.74, 6) is 0. The Morgan fingerprint density at radius 2 is 0.944 bits per heavy atom. The molecule has 0 aromatic heterocycles. The van der Waals surface area contributed by atoms with Crippen molar-refractivity contribution in [2.24, 2.45) is 0 Å². The lowest BCUT2D eigenvalue weighted by molar-refractivity contribution is 0.674. The monoisotopic (exact) mass is 248 g/mol. The molecule has 0 aliphatic rings. The third-order valence-electron chi connectivity index (χ3n) is 3.05. The van der Waals surface area contributed by atoms with E-state index in [1.165, 1.54) is 64.2 Å². The van der Waals surface area contributed by atoms with E-state index < -0.39 is 0 Å². The SMILES string of the molecule is CCCCCC/C=C/C=C/C=C/CCCCCC. The van der Waals surface area contributed by atoms with Crippen LogP contribution in [0, 0.1) is 0 Å². The maximum atomic E-state index is 2.28. The fourth-order valence-corrected chi connectivity index (χ4v) is 1.86. The van der Waals surface area contributed by atoms with E-state index in [1.807, 2.05) is 0 Å². The number of hydrogen-bond donors (Lipinski definition) is 0. The molecule has 0 heterocycles. The Balaban J connectivity index is 3.30. The van der Waals surface area contributed by atoms with Crippen LogP contribution in [-0.4, -0.2) is 0 Å². The highest BCUT2D eigenvalue weighted by Crippen LogP contribution is 2.03. The van der Waals surface area contributed by atoms with Crippen molar-refractivity contribution >= 4 is 0 Å². The van der Waals surface area contributed by atoms with Crippen molar-refractivity contribution in [3.8, 4) is 0 Å². The standard InChI is InChI=1S/C18H32/c1-3-5-7-9-11-13-15-17-18-16-14-12-10-8-6-4-2/h13-18H,3-12H2,1-2H3/b15-13+,16-14+,18-17+. The van der Waals surface area contributed by atoms with Crippen molar-refractivity contribution < 1.29 is 0 Å². The van der Waals surface area contributed by atoms with E-state index in [-0.39, 0.29) is 0 Å². The first kappa shape index (κ1) is 17.2. The number of allylic oxidation sites excluding steroid dienone is 6. The molecule has 0 spiro atoms. The minimum atomic E-state index is 1.23. The first-order chi connectivity index (χ1) is 8.91. The molecule has 0 aromatic rings. The van der Waals surface area contributed by atoms with Gasteiger partial charge in [-0.05, 0) is 25.7 Å². The van der Waals surface area contributed by atoms with Gasteiger partial charge in [0, 0.05) is 0 Å². The van der Waals surface area contributed by atoms with Crippen molar-refractivity contribution in [1.82, 2.24) is 0 Å². The highest BCUT2D eigenvalue weighted by Gasteiger charge is 1.84. The fraction of sp³-hybridized carbons (Fsp3) is 0.667. The van der Waals surface area contributed by atoms with Gasteiger partial charge in [-0.15, -0.1) is 0 Å². The second kappa shape index (κ2) is 16.2. The first-order valence-electron chi connectivity index (χ1n) is 7.90. The van der Waals surface area contributed by atoms with Crippen molar-refractivity contribution in [2.45, 2.75) is 78.1 Å². The van der Waals surface area contributed by atoms with Crippen LogP contribution in [0.3, 0.4) is 0 Å². The molecule has 104 valence electrons. The zero-order valence-electron chi connectivity index (χ0n) is 12.5. The van der Waals surface area contributed by atoms with Crippen LogP contribution < -0.4 is 0 Å². The molecule has 0 radical (unpaired) electrons. The normalized spacial score (nSPS) is 12.3. The Bertz CT molecular complexity index is 196. The third-order valence-corrected chi connectivity index (χ3v) is 3.05. The van der Waals surface area contributed by atoms with Gasteiger partial charge in [0.25, 0.3) is 0 Å². The molecule has 0 aliphatic heterocycles. The Morgan fingerprint density at radius 1 is 0.500 bits per heavy atom. The summed E-state index contributed by atoms with van der Waals surface area (Å²) in [6, 6.07) is 0. The molecule has 0 saturated carbocycles. The van der Waals surface area contributed by atoms with Crippen LogP contribution in [0.5, 0.6) is 0 Å². The molecule has 0 nitrogen and oxygen atoms in total. The Morgan fingerprint density at radius 3 is 1.33 bits per heavy atom. The molecule has 0 heteroatoms. The number of unbranched alkanes of at least 4 members (excludes halogenated alkanes) is 8. The van der Waals surface area contributed by atoms with Gasteiger partial charge in [0.15, 0.2) is 0 Å². The third kappa shape index (κ3) is 15.2. The first-order valence-corrected chi connectivity index (χ1v) is 7.90. The van der Waals surface area contributed by atoms with Crippen LogP contribution in [0.25, 0.3) is 0 Å². The predicted octanol–water partition coefficient (Wildman–Crippen LogP) is 6.60. The maximum Gasteiger partial charge on any atom is -0.0348 e. The highest BCUT2D eigenvalue weighted by molar-refractivity contribution is 5.10. The maximum absolute atomic E-state index is 2.28. The molecular weight excluding hydrogens is 216 g/mol. The van der Waals surface area contributed by atoms with Gasteiger partial charge in [-0.1, -0.05) is 88.8 Å². The van der Waals surface area contributed by atoms with Crippen LogP contribution in [0.15, 0.2) is 36.5 Å². The lowest BCUT2D eigenvalue weighted by atomic mass is 10.1. The molecule has 0 atom stereocenters. The largest absolute Gasteiger partial charge is 0.0845 e. The van der Waals surface area contributed by atoms with Gasteiger partial charge >= 0.3 is 0 Å². The zero-order chi connectivity index (χ0) is 13.3. The van der Waals surface area contributed by atoms with Crippen molar-refractivity contribution in [3.63, 3.8) is 0 Å². The molecule has 0 bridgehead atoms. The lowest BCUT2D eigenvalue weighted by Gasteiger charge is -1.93. The Kier molecular flexibility index (Phi) is 15.5. The van der Waals surface area contributed by atoms with Gasteiger partial charge in [0.2, 0.25) is 0 Å². The van der Waals surface area contributed by atoms with E-state index >= 15 is 0 Å². The molecule has 0 aromatic carbocycles. The van der Waals surface area contributed by atoms with E-state index in [1.54, 1.807) is 0 Å². The summed E-state index contributed by atoms with van der Waals surface area (Å²) < 4.78 is 0. The van der Waals surface area contributed by atoms with Crippen molar-refractivity contribution in [3.05, 3.63) is 36.5 Å². The zero-order valence-corrected chi connectivity index (χ0v) is 12.5. The Labute approximate surface area is 115 Å². The molecule has 0 amide bonds. The molecular formula is C18H32. The minimum absolute atomic E-state index is 1.23. The molecule has 0 saturated heterocycles. The fourth-order valence-electron chi connectivity index (χ4n) is 1.86. The summed E-state index contributed by atoms with van der Waals surface area (Å²) in [4.78, 5) is 0. The Hall–Kier alpha value is -0.780. The molecule has 0 fully saturated rings. The average Bonchev–Trinajstić information content (AvgIpc) is 2.39. The summed E-state index contributed by atoms with van der Waals surface area (Å²) in [6.45, 7) is 4.51. The average molecular weight is 248 g/mol. The van der Waals surface area contributed by atoms with Crippen LogP contribution in [0.1, 0.15) is 78.1 Å². The van der Waals surface area contributed by atoms with E-state index in [4.69, 9.17) is 0 Å². The summed E-state index contributed by atoms with van der Waals surface area (Å²) in [5, 5.41) is 0. The van der Waals surface area contributed by atoms with Gasteiger partial charge in [-0.3, -0.25) is 0 Å². The lowest BCUT2D eigenvalue weighted by Crippen LogP contribution is -1.73. The molecule has 0 unspecified atom stereocenters. The van der Waals surface area contributed by atoms with E-state index in [0.29, 0.717) is 0 Å². The van der Waals surface area contributed by atoms with E-state index in [2.05, 4.69) is 50.3 Å². The van der Waals surface area contributed by atoms with Crippen LogP contribution >= 0.6 is 0 Å². The number of rotatable bonds is 12. The quantitative estimate of drug-likeness (QED) is 0.270. The van der Waals surface area contributed by atoms with Gasteiger partial charge < -0.3 is 0 Å². The summed E-state index contributed by atoms with van der Waals surface area (Å²) in [5.41, 5.74) is 0. The summed E-state index contributed by atoms with van der Waals surface area (Å²) >= 11 is 0. The molecule has 0 N–H and O–H groups in total. The van der Waals surface area contributed by atoms with Gasteiger partial charge in [-0.2, -0.15) is 0 Å². The molecule has 0 aliphatic carbocycles. The summed E-state index contributed by atoms with van der Waals surface area (Å²) in [7, 11) is 0. The minimum Gasteiger partial charge on any atom is -0.0845 e. The second-order valence-electron chi connectivity index (χ2n) is 4.94.